The summed E-state index contributed by atoms with van der Waals surface area (Å²) in [7, 11) is 1.71. The first kappa shape index (κ1) is 14.2. The van der Waals surface area contributed by atoms with Crippen LogP contribution in [0.4, 0.5) is 0 Å². The van der Waals surface area contributed by atoms with E-state index in [2.05, 4.69) is 4.90 Å². The Balaban J connectivity index is 2.14. The molecular formula is C16H23NO2. The molecule has 1 saturated heterocycles. The number of benzene rings is 1. The van der Waals surface area contributed by atoms with Crippen LogP contribution in [-0.4, -0.2) is 43.0 Å². The van der Waals surface area contributed by atoms with Crippen LogP contribution in [0.1, 0.15) is 36.5 Å². The monoisotopic (exact) mass is 261 g/mol. The molecule has 0 amide bonds. The van der Waals surface area contributed by atoms with Gasteiger partial charge in [-0.3, -0.25) is 9.69 Å². The Morgan fingerprint density at radius 1 is 1.26 bits per heavy atom. The lowest BCUT2D eigenvalue weighted by Gasteiger charge is -2.28. The average Bonchev–Trinajstić information content (AvgIpc) is 2.98. The molecule has 1 aliphatic rings. The number of ether oxygens (including phenoxy) is 1. The molecule has 2 atom stereocenters. The van der Waals surface area contributed by atoms with Gasteiger partial charge in [-0.1, -0.05) is 30.3 Å². The molecule has 2 rings (SSSR count). The highest BCUT2D eigenvalue weighted by Gasteiger charge is 2.30. The Bertz CT molecular complexity index is 398. The zero-order valence-corrected chi connectivity index (χ0v) is 11.8. The second kappa shape index (κ2) is 6.83. The zero-order chi connectivity index (χ0) is 13.7. The number of rotatable bonds is 6. The Hall–Kier alpha value is -1.19. The standard InChI is InChI=1S/C16H23NO2/c1-13(19-2)12-15(17-10-6-7-11-17)16(18)14-8-4-3-5-9-14/h3-5,8-9,13,15H,6-7,10-12H2,1-2H3. The van der Waals surface area contributed by atoms with E-state index in [1.54, 1.807) is 7.11 Å². The number of ketones is 1. The topological polar surface area (TPSA) is 29.5 Å². The van der Waals surface area contributed by atoms with E-state index in [0.29, 0.717) is 0 Å². The van der Waals surface area contributed by atoms with Crippen LogP contribution in [-0.2, 0) is 4.74 Å². The van der Waals surface area contributed by atoms with Gasteiger partial charge in [-0.25, -0.2) is 0 Å². The second-order valence-corrected chi connectivity index (χ2v) is 5.27. The Kier molecular flexibility index (Phi) is 5.11. The molecule has 0 bridgehead atoms. The van der Waals surface area contributed by atoms with Crippen molar-refractivity contribution in [3.05, 3.63) is 35.9 Å². The van der Waals surface area contributed by atoms with Crippen LogP contribution in [0, 0.1) is 0 Å². The fourth-order valence-electron chi connectivity index (χ4n) is 2.68. The van der Waals surface area contributed by atoms with E-state index in [1.165, 1.54) is 12.8 Å². The van der Waals surface area contributed by atoms with Crippen molar-refractivity contribution in [2.75, 3.05) is 20.2 Å². The van der Waals surface area contributed by atoms with Crippen molar-refractivity contribution in [2.24, 2.45) is 0 Å². The summed E-state index contributed by atoms with van der Waals surface area (Å²) in [6, 6.07) is 9.56. The van der Waals surface area contributed by atoms with Crippen molar-refractivity contribution >= 4 is 5.78 Å². The first-order chi connectivity index (χ1) is 9.22. The summed E-state index contributed by atoms with van der Waals surface area (Å²) in [5, 5.41) is 0. The molecule has 19 heavy (non-hydrogen) atoms. The summed E-state index contributed by atoms with van der Waals surface area (Å²) >= 11 is 0. The summed E-state index contributed by atoms with van der Waals surface area (Å²) < 4.78 is 5.35. The third-order valence-corrected chi connectivity index (χ3v) is 3.90. The van der Waals surface area contributed by atoms with Crippen molar-refractivity contribution in [3.8, 4) is 0 Å². The van der Waals surface area contributed by atoms with E-state index in [0.717, 1.165) is 25.1 Å². The van der Waals surface area contributed by atoms with Crippen molar-refractivity contribution in [2.45, 2.75) is 38.3 Å². The molecule has 0 aromatic heterocycles. The normalized spacial score (nSPS) is 19.3. The van der Waals surface area contributed by atoms with Gasteiger partial charge >= 0.3 is 0 Å². The summed E-state index contributed by atoms with van der Waals surface area (Å²) in [6.45, 7) is 4.08. The minimum atomic E-state index is -0.0418. The predicted molar refractivity (Wildman–Crippen MR) is 76.5 cm³/mol. The summed E-state index contributed by atoms with van der Waals surface area (Å²) in [5.41, 5.74) is 0.808. The molecule has 1 heterocycles. The van der Waals surface area contributed by atoms with Crippen LogP contribution >= 0.6 is 0 Å². The molecule has 104 valence electrons. The van der Waals surface area contributed by atoms with Gasteiger partial charge in [0, 0.05) is 12.7 Å². The number of nitrogens with zero attached hydrogens (tertiary/aromatic N) is 1. The van der Waals surface area contributed by atoms with E-state index in [-0.39, 0.29) is 17.9 Å². The van der Waals surface area contributed by atoms with Gasteiger partial charge in [-0.2, -0.15) is 0 Å². The molecule has 0 aliphatic carbocycles. The van der Waals surface area contributed by atoms with Gasteiger partial charge in [0.05, 0.1) is 12.1 Å². The van der Waals surface area contributed by atoms with Crippen LogP contribution in [0.25, 0.3) is 0 Å². The van der Waals surface area contributed by atoms with Crippen LogP contribution < -0.4 is 0 Å². The molecule has 0 radical (unpaired) electrons. The molecular weight excluding hydrogens is 238 g/mol. The Morgan fingerprint density at radius 2 is 1.89 bits per heavy atom. The SMILES string of the molecule is COC(C)CC(C(=O)c1ccccc1)N1CCCC1. The molecule has 0 spiro atoms. The highest BCUT2D eigenvalue weighted by atomic mass is 16.5. The largest absolute Gasteiger partial charge is 0.382 e. The van der Waals surface area contributed by atoms with E-state index < -0.39 is 0 Å². The van der Waals surface area contributed by atoms with E-state index in [1.807, 2.05) is 37.3 Å². The number of hydrogen-bond acceptors (Lipinski definition) is 3. The van der Waals surface area contributed by atoms with E-state index >= 15 is 0 Å². The van der Waals surface area contributed by atoms with Crippen molar-refractivity contribution < 1.29 is 9.53 Å². The van der Waals surface area contributed by atoms with Crippen molar-refractivity contribution in [1.82, 2.24) is 4.90 Å². The number of Topliss-reactive ketones (excluding diaryl/α,β-unsaturated/α-hetero) is 1. The van der Waals surface area contributed by atoms with Crippen LogP contribution in [0.3, 0.4) is 0 Å². The summed E-state index contributed by atoms with van der Waals surface area (Å²) in [6.07, 6.45) is 3.27. The van der Waals surface area contributed by atoms with Crippen LogP contribution in [0.2, 0.25) is 0 Å². The molecule has 1 aliphatic heterocycles. The Morgan fingerprint density at radius 3 is 2.47 bits per heavy atom. The number of carbonyl (C=O) groups is 1. The molecule has 3 heteroatoms. The lowest BCUT2D eigenvalue weighted by molar-refractivity contribution is 0.0618. The molecule has 0 saturated carbocycles. The van der Waals surface area contributed by atoms with Crippen LogP contribution in [0.5, 0.6) is 0 Å². The van der Waals surface area contributed by atoms with Gasteiger partial charge in [-0.05, 0) is 39.3 Å². The van der Waals surface area contributed by atoms with Crippen molar-refractivity contribution in [1.29, 1.82) is 0 Å². The molecule has 0 N–H and O–H groups in total. The predicted octanol–water partition coefficient (Wildman–Crippen LogP) is 2.76. The lowest BCUT2D eigenvalue weighted by Crippen LogP contribution is -2.41. The molecule has 3 nitrogen and oxygen atoms in total. The van der Waals surface area contributed by atoms with Gasteiger partial charge in [0.1, 0.15) is 0 Å². The van der Waals surface area contributed by atoms with Crippen molar-refractivity contribution in [3.63, 3.8) is 0 Å². The van der Waals surface area contributed by atoms with Gasteiger partial charge in [0.15, 0.2) is 5.78 Å². The Labute approximate surface area is 115 Å². The summed E-state index contributed by atoms with van der Waals surface area (Å²) in [5.74, 6) is 0.228. The third kappa shape index (κ3) is 3.64. The number of hydrogen-bond donors (Lipinski definition) is 0. The fraction of sp³-hybridized carbons (Fsp3) is 0.562. The molecule has 2 unspecified atom stereocenters. The highest BCUT2D eigenvalue weighted by Crippen LogP contribution is 2.20. The van der Waals surface area contributed by atoms with E-state index in [4.69, 9.17) is 4.74 Å². The first-order valence-corrected chi connectivity index (χ1v) is 7.08. The number of methoxy groups -OCH3 is 1. The lowest BCUT2D eigenvalue weighted by atomic mass is 9.98. The summed E-state index contributed by atoms with van der Waals surface area (Å²) in [4.78, 5) is 15.0. The first-order valence-electron chi connectivity index (χ1n) is 7.08. The van der Waals surface area contributed by atoms with Gasteiger partial charge in [-0.15, -0.1) is 0 Å². The molecule has 1 aromatic rings. The third-order valence-electron chi connectivity index (χ3n) is 3.90. The number of likely N-dealkylation sites (tertiary alicyclic amines) is 1. The maximum Gasteiger partial charge on any atom is 0.180 e. The second-order valence-electron chi connectivity index (χ2n) is 5.27. The van der Waals surface area contributed by atoms with Gasteiger partial charge in [0.2, 0.25) is 0 Å². The zero-order valence-electron chi connectivity index (χ0n) is 11.8. The minimum Gasteiger partial charge on any atom is -0.382 e. The maximum absolute atomic E-state index is 12.7. The van der Waals surface area contributed by atoms with Gasteiger partial charge in [0.25, 0.3) is 0 Å². The quantitative estimate of drug-likeness (QED) is 0.737. The van der Waals surface area contributed by atoms with Crippen LogP contribution in [0.15, 0.2) is 30.3 Å². The average molecular weight is 261 g/mol. The minimum absolute atomic E-state index is 0.0418. The van der Waals surface area contributed by atoms with Gasteiger partial charge < -0.3 is 4.74 Å². The smallest absolute Gasteiger partial charge is 0.180 e. The highest BCUT2D eigenvalue weighted by molar-refractivity contribution is 6.00. The number of carbonyl (C=O) groups excluding carboxylic acids is 1. The molecule has 1 fully saturated rings. The maximum atomic E-state index is 12.7. The van der Waals surface area contributed by atoms with E-state index in [9.17, 15) is 4.79 Å². The molecule has 1 aromatic carbocycles. The fourth-order valence-corrected chi connectivity index (χ4v) is 2.68.